The highest BCUT2D eigenvalue weighted by Gasteiger charge is 2.13. The maximum Gasteiger partial charge on any atom is 0.164 e. The molecule has 0 fully saturated rings. The molecule has 0 saturated carbocycles. The fourth-order valence-electron chi connectivity index (χ4n) is 4.58. The average Bonchev–Trinajstić information content (AvgIpc) is 2.98. The van der Waals surface area contributed by atoms with Crippen LogP contribution >= 0.6 is 0 Å². The molecule has 0 bridgehead atoms. The molecule has 1 heterocycles. The van der Waals surface area contributed by atoms with Crippen LogP contribution in [0.1, 0.15) is 16.7 Å². The molecule has 3 heteroatoms. The van der Waals surface area contributed by atoms with Gasteiger partial charge >= 0.3 is 0 Å². The molecule has 0 aliphatic heterocycles. The van der Waals surface area contributed by atoms with E-state index in [1.165, 1.54) is 38.9 Å². The summed E-state index contributed by atoms with van der Waals surface area (Å²) < 4.78 is 0. The third-order valence-corrected chi connectivity index (χ3v) is 7.00. The maximum absolute atomic E-state index is 4.92. The molecule has 1 aromatic heterocycles. The van der Waals surface area contributed by atoms with Crippen LogP contribution < -0.4 is 0 Å². The Morgan fingerprint density at radius 3 is 0.692 bits per heavy atom. The molecule has 3 nitrogen and oxygen atoms in total. The second-order valence-corrected chi connectivity index (χ2v) is 10.1. The fraction of sp³-hybridized carbons (Fsp3) is 0.0833. The highest BCUT2D eigenvalue weighted by Crippen LogP contribution is 2.29. The van der Waals surface area contributed by atoms with Crippen LogP contribution in [0.3, 0.4) is 0 Å². The lowest BCUT2D eigenvalue weighted by Crippen LogP contribution is -2.00. The van der Waals surface area contributed by atoms with E-state index in [0.717, 1.165) is 16.7 Å². The molecule has 0 atom stereocenters. The fourth-order valence-corrected chi connectivity index (χ4v) is 4.58. The van der Waals surface area contributed by atoms with Gasteiger partial charge in [-0.3, -0.25) is 0 Å². The van der Waals surface area contributed by atoms with E-state index in [2.05, 4.69) is 142 Å². The van der Waals surface area contributed by atoms with E-state index < -0.39 is 0 Å². The number of hydrogen-bond acceptors (Lipinski definition) is 3. The summed E-state index contributed by atoms with van der Waals surface area (Å²) in [4.78, 5) is 14.7. The SMILES string of the molecule is Cc1ccc(-c2ccc(-c3nc(-c4ccc(C)cc4)nc(-c4ccc(-c5ccc(C)cc5)cc4)n3)cc2)cc1. The van der Waals surface area contributed by atoms with Crippen molar-refractivity contribution in [3.63, 3.8) is 0 Å². The minimum absolute atomic E-state index is 0.661. The topological polar surface area (TPSA) is 38.7 Å². The minimum Gasteiger partial charge on any atom is -0.208 e. The van der Waals surface area contributed by atoms with Gasteiger partial charge in [-0.25, -0.2) is 15.0 Å². The summed E-state index contributed by atoms with van der Waals surface area (Å²) in [6, 6.07) is 42.4. The third-order valence-electron chi connectivity index (χ3n) is 7.00. The monoisotopic (exact) mass is 503 g/mol. The van der Waals surface area contributed by atoms with Gasteiger partial charge in [0, 0.05) is 16.7 Å². The predicted molar refractivity (Wildman–Crippen MR) is 161 cm³/mol. The molecular weight excluding hydrogens is 474 g/mol. The molecule has 0 spiro atoms. The summed E-state index contributed by atoms with van der Waals surface area (Å²) in [5.74, 6) is 1.99. The Hall–Kier alpha value is -4.89. The lowest BCUT2D eigenvalue weighted by molar-refractivity contribution is 1.07. The Kier molecular flexibility index (Phi) is 6.56. The van der Waals surface area contributed by atoms with Crippen LogP contribution in [0.2, 0.25) is 0 Å². The summed E-state index contributed by atoms with van der Waals surface area (Å²) >= 11 is 0. The molecule has 0 N–H and O–H groups in total. The van der Waals surface area contributed by atoms with Gasteiger partial charge < -0.3 is 0 Å². The van der Waals surface area contributed by atoms with E-state index in [4.69, 9.17) is 15.0 Å². The van der Waals surface area contributed by atoms with Crippen molar-refractivity contribution in [2.75, 3.05) is 0 Å². The summed E-state index contributed by atoms with van der Waals surface area (Å²) in [6.07, 6.45) is 0. The molecular formula is C36H29N3. The maximum atomic E-state index is 4.92. The van der Waals surface area contributed by atoms with Crippen LogP contribution in [-0.2, 0) is 0 Å². The van der Waals surface area contributed by atoms with Crippen molar-refractivity contribution in [3.8, 4) is 56.4 Å². The Balaban J connectivity index is 1.40. The largest absolute Gasteiger partial charge is 0.208 e. The van der Waals surface area contributed by atoms with Gasteiger partial charge in [-0.05, 0) is 43.0 Å². The van der Waals surface area contributed by atoms with Gasteiger partial charge in [-0.1, -0.05) is 138 Å². The second kappa shape index (κ2) is 10.5. The molecule has 188 valence electrons. The van der Waals surface area contributed by atoms with E-state index in [1.807, 2.05) is 0 Å². The lowest BCUT2D eigenvalue weighted by Gasteiger charge is -2.10. The van der Waals surface area contributed by atoms with Crippen molar-refractivity contribution < 1.29 is 0 Å². The van der Waals surface area contributed by atoms with Gasteiger partial charge in [0.25, 0.3) is 0 Å². The molecule has 0 radical (unpaired) electrons. The summed E-state index contributed by atoms with van der Waals surface area (Å²) in [7, 11) is 0. The first kappa shape index (κ1) is 24.4. The van der Waals surface area contributed by atoms with Crippen molar-refractivity contribution in [3.05, 3.63) is 138 Å². The lowest BCUT2D eigenvalue weighted by atomic mass is 10.0. The molecule has 0 saturated heterocycles. The van der Waals surface area contributed by atoms with Crippen LogP contribution in [0.5, 0.6) is 0 Å². The third kappa shape index (κ3) is 5.39. The van der Waals surface area contributed by atoms with E-state index in [0.29, 0.717) is 17.5 Å². The number of nitrogens with zero attached hydrogens (tertiary/aromatic N) is 3. The van der Waals surface area contributed by atoms with Gasteiger partial charge in [0.2, 0.25) is 0 Å². The van der Waals surface area contributed by atoms with Crippen molar-refractivity contribution in [2.24, 2.45) is 0 Å². The number of aromatic nitrogens is 3. The standard InChI is InChI=1S/C36H29N3/c1-24-4-10-27(11-5-24)29-16-20-32(21-17-29)35-37-34(31-14-8-26(3)9-15-31)38-36(39-35)33-22-18-30(19-23-33)28-12-6-25(2)7-13-28/h4-23H,1-3H3. The molecule has 0 amide bonds. The van der Waals surface area contributed by atoms with Gasteiger partial charge in [-0.15, -0.1) is 0 Å². The van der Waals surface area contributed by atoms with Crippen LogP contribution in [0.25, 0.3) is 56.4 Å². The highest BCUT2D eigenvalue weighted by atomic mass is 15.0. The quantitative estimate of drug-likeness (QED) is 0.235. The molecule has 0 aliphatic rings. The Bertz CT molecular complexity index is 1610. The molecule has 6 aromatic rings. The number of aryl methyl sites for hydroxylation is 3. The van der Waals surface area contributed by atoms with Crippen LogP contribution in [-0.4, -0.2) is 15.0 Å². The summed E-state index contributed by atoms with van der Waals surface area (Å²) in [5, 5.41) is 0. The van der Waals surface area contributed by atoms with Gasteiger partial charge in [0.1, 0.15) is 0 Å². The average molecular weight is 504 g/mol. The number of rotatable bonds is 5. The number of benzene rings is 5. The van der Waals surface area contributed by atoms with E-state index >= 15 is 0 Å². The smallest absolute Gasteiger partial charge is 0.164 e. The minimum atomic E-state index is 0.661. The van der Waals surface area contributed by atoms with E-state index in [1.54, 1.807) is 0 Å². The van der Waals surface area contributed by atoms with E-state index in [9.17, 15) is 0 Å². The zero-order valence-electron chi connectivity index (χ0n) is 22.4. The number of hydrogen-bond donors (Lipinski definition) is 0. The Morgan fingerprint density at radius 1 is 0.256 bits per heavy atom. The van der Waals surface area contributed by atoms with Crippen LogP contribution in [0.15, 0.2) is 121 Å². The Morgan fingerprint density at radius 2 is 0.436 bits per heavy atom. The highest BCUT2D eigenvalue weighted by molar-refractivity contribution is 5.72. The zero-order chi connectivity index (χ0) is 26.8. The molecule has 5 aromatic carbocycles. The van der Waals surface area contributed by atoms with Crippen molar-refractivity contribution >= 4 is 0 Å². The van der Waals surface area contributed by atoms with E-state index in [-0.39, 0.29) is 0 Å². The summed E-state index contributed by atoms with van der Waals surface area (Å²) in [6.45, 7) is 6.29. The van der Waals surface area contributed by atoms with Gasteiger partial charge in [0.05, 0.1) is 0 Å². The molecule has 0 unspecified atom stereocenters. The van der Waals surface area contributed by atoms with Crippen molar-refractivity contribution in [2.45, 2.75) is 20.8 Å². The first-order valence-corrected chi connectivity index (χ1v) is 13.2. The normalized spacial score (nSPS) is 10.9. The molecule has 6 rings (SSSR count). The van der Waals surface area contributed by atoms with Crippen LogP contribution in [0.4, 0.5) is 0 Å². The van der Waals surface area contributed by atoms with Crippen molar-refractivity contribution in [1.82, 2.24) is 15.0 Å². The first-order chi connectivity index (χ1) is 19.0. The zero-order valence-corrected chi connectivity index (χ0v) is 22.4. The summed E-state index contributed by atoms with van der Waals surface area (Å²) in [5.41, 5.74) is 11.3. The Labute approximate surface area is 229 Å². The van der Waals surface area contributed by atoms with Crippen LogP contribution in [0, 0.1) is 20.8 Å². The van der Waals surface area contributed by atoms with Gasteiger partial charge in [-0.2, -0.15) is 0 Å². The molecule has 0 aliphatic carbocycles. The van der Waals surface area contributed by atoms with Crippen molar-refractivity contribution in [1.29, 1.82) is 0 Å². The predicted octanol–water partition coefficient (Wildman–Crippen LogP) is 9.13. The second-order valence-electron chi connectivity index (χ2n) is 10.1. The first-order valence-electron chi connectivity index (χ1n) is 13.2. The molecule has 39 heavy (non-hydrogen) atoms. The van der Waals surface area contributed by atoms with Gasteiger partial charge in [0.15, 0.2) is 17.5 Å².